The van der Waals surface area contributed by atoms with Crippen LogP contribution in [0.25, 0.3) is 0 Å². The van der Waals surface area contributed by atoms with E-state index in [0.717, 1.165) is 5.82 Å². The summed E-state index contributed by atoms with van der Waals surface area (Å²) in [5, 5.41) is 11.8. The molecule has 108 valence electrons. The maximum atomic E-state index is 5.70. The van der Waals surface area contributed by atoms with Gasteiger partial charge in [0.15, 0.2) is 11.6 Å². The molecule has 2 aromatic heterocycles. The first kappa shape index (κ1) is 14.1. The van der Waals surface area contributed by atoms with Gasteiger partial charge in [-0.3, -0.25) is 0 Å². The fourth-order valence-corrected chi connectivity index (χ4v) is 1.68. The van der Waals surface area contributed by atoms with Gasteiger partial charge in [0.2, 0.25) is 11.9 Å². The number of aromatic nitrogens is 7. The Morgan fingerprint density at radius 1 is 1.15 bits per heavy atom. The van der Waals surface area contributed by atoms with E-state index in [1.54, 1.807) is 9.58 Å². The molecule has 9 heteroatoms. The van der Waals surface area contributed by atoms with Crippen LogP contribution in [-0.4, -0.2) is 49.3 Å². The van der Waals surface area contributed by atoms with Gasteiger partial charge in [-0.2, -0.15) is 15.0 Å². The summed E-state index contributed by atoms with van der Waals surface area (Å²) in [6, 6.07) is 0. The standard InChI is InChI=1S/C11H19N9/c1-11(2,3)8-16-17-18-20(8)6-7-13-9(12)15-10(14-7)19(4)5/h6H2,1-5H3,(H2,12,13,14,15). The number of nitrogen functional groups attached to an aromatic ring is 1. The van der Waals surface area contributed by atoms with Gasteiger partial charge in [-0.1, -0.05) is 20.8 Å². The van der Waals surface area contributed by atoms with Crippen LogP contribution in [0.15, 0.2) is 0 Å². The first-order valence-corrected chi connectivity index (χ1v) is 6.22. The molecule has 0 saturated carbocycles. The number of rotatable bonds is 3. The third kappa shape index (κ3) is 2.98. The van der Waals surface area contributed by atoms with Crippen LogP contribution < -0.4 is 10.6 Å². The molecule has 0 saturated heterocycles. The monoisotopic (exact) mass is 277 g/mol. The van der Waals surface area contributed by atoms with Gasteiger partial charge in [0.05, 0.1) is 0 Å². The van der Waals surface area contributed by atoms with Crippen LogP contribution in [0.5, 0.6) is 0 Å². The molecule has 2 aromatic rings. The zero-order valence-corrected chi connectivity index (χ0v) is 12.4. The van der Waals surface area contributed by atoms with E-state index in [9.17, 15) is 0 Å². The van der Waals surface area contributed by atoms with E-state index < -0.39 is 0 Å². The molecule has 2 heterocycles. The molecular formula is C11H19N9. The molecule has 0 aliphatic carbocycles. The molecular weight excluding hydrogens is 258 g/mol. The van der Waals surface area contributed by atoms with Gasteiger partial charge >= 0.3 is 0 Å². The minimum atomic E-state index is -0.160. The summed E-state index contributed by atoms with van der Waals surface area (Å²) in [6.07, 6.45) is 0. The molecule has 20 heavy (non-hydrogen) atoms. The molecule has 2 N–H and O–H groups in total. The van der Waals surface area contributed by atoms with Crippen LogP contribution >= 0.6 is 0 Å². The highest BCUT2D eigenvalue weighted by Crippen LogP contribution is 2.19. The third-order valence-corrected chi connectivity index (χ3v) is 2.58. The second kappa shape index (κ2) is 4.99. The predicted molar refractivity (Wildman–Crippen MR) is 74.2 cm³/mol. The highest BCUT2D eigenvalue weighted by Gasteiger charge is 2.22. The van der Waals surface area contributed by atoms with Crippen molar-refractivity contribution >= 4 is 11.9 Å². The average molecular weight is 277 g/mol. The Bertz CT molecular complexity index is 596. The summed E-state index contributed by atoms with van der Waals surface area (Å²) in [6.45, 7) is 6.49. The lowest BCUT2D eigenvalue weighted by Gasteiger charge is -2.17. The van der Waals surface area contributed by atoms with Crippen molar-refractivity contribution < 1.29 is 0 Å². The van der Waals surface area contributed by atoms with Crippen molar-refractivity contribution in [3.63, 3.8) is 0 Å². The number of anilines is 2. The van der Waals surface area contributed by atoms with Crippen molar-refractivity contribution in [1.82, 2.24) is 35.2 Å². The smallest absolute Gasteiger partial charge is 0.229 e. The molecule has 0 unspecified atom stereocenters. The lowest BCUT2D eigenvalue weighted by Crippen LogP contribution is -2.22. The molecule has 0 aliphatic rings. The van der Waals surface area contributed by atoms with E-state index in [1.165, 1.54) is 0 Å². The van der Waals surface area contributed by atoms with Crippen LogP contribution in [0, 0.1) is 0 Å². The van der Waals surface area contributed by atoms with Gasteiger partial charge in [-0.05, 0) is 10.4 Å². The third-order valence-electron chi connectivity index (χ3n) is 2.58. The van der Waals surface area contributed by atoms with E-state index >= 15 is 0 Å². The molecule has 0 aliphatic heterocycles. The first-order chi connectivity index (χ1) is 9.27. The summed E-state index contributed by atoms with van der Waals surface area (Å²) in [4.78, 5) is 14.3. The quantitative estimate of drug-likeness (QED) is 0.824. The van der Waals surface area contributed by atoms with Crippen molar-refractivity contribution in [3.05, 3.63) is 11.6 Å². The second-order valence-corrected chi connectivity index (χ2v) is 5.71. The highest BCUT2D eigenvalue weighted by molar-refractivity contribution is 5.32. The molecule has 0 fully saturated rings. The fraction of sp³-hybridized carbons (Fsp3) is 0.636. The second-order valence-electron chi connectivity index (χ2n) is 5.71. The van der Waals surface area contributed by atoms with E-state index in [2.05, 4.69) is 30.5 Å². The van der Waals surface area contributed by atoms with Crippen molar-refractivity contribution in [3.8, 4) is 0 Å². The van der Waals surface area contributed by atoms with Crippen LogP contribution in [-0.2, 0) is 12.0 Å². The average Bonchev–Trinajstić information content (AvgIpc) is 2.75. The Morgan fingerprint density at radius 2 is 1.85 bits per heavy atom. The van der Waals surface area contributed by atoms with Gasteiger partial charge < -0.3 is 10.6 Å². The first-order valence-electron chi connectivity index (χ1n) is 6.22. The Hall–Kier alpha value is -2.32. The summed E-state index contributed by atoms with van der Waals surface area (Å²) in [7, 11) is 3.69. The molecule has 9 nitrogen and oxygen atoms in total. The minimum Gasteiger partial charge on any atom is -0.368 e. The maximum absolute atomic E-state index is 5.70. The molecule has 2 rings (SSSR count). The summed E-state index contributed by atoms with van der Waals surface area (Å²) in [5.41, 5.74) is 5.54. The predicted octanol–water partition coefficient (Wildman–Crippen LogP) is -0.148. The van der Waals surface area contributed by atoms with Crippen LogP contribution in [0.2, 0.25) is 0 Å². The zero-order valence-electron chi connectivity index (χ0n) is 12.4. The van der Waals surface area contributed by atoms with Crippen LogP contribution in [0.4, 0.5) is 11.9 Å². The number of tetrazole rings is 1. The SMILES string of the molecule is CN(C)c1nc(N)nc(Cn2nnnc2C(C)(C)C)n1. The van der Waals surface area contributed by atoms with E-state index in [0.29, 0.717) is 18.3 Å². The van der Waals surface area contributed by atoms with E-state index in [4.69, 9.17) is 5.73 Å². The Labute approximate surface area is 117 Å². The lowest BCUT2D eigenvalue weighted by molar-refractivity contribution is 0.484. The fourth-order valence-electron chi connectivity index (χ4n) is 1.68. The molecule has 0 spiro atoms. The van der Waals surface area contributed by atoms with Crippen LogP contribution in [0.3, 0.4) is 0 Å². The minimum absolute atomic E-state index is 0.160. The van der Waals surface area contributed by atoms with Crippen molar-refractivity contribution in [2.24, 2.45) is 0 Å². The molecule has 0 amide bonds. The number of nitrogens with two attached hydrogens (primary N) is 1. The normalized spacial score (nSPS) is 11.7. The molecule has 0 bridgehead atoms. The van der Waals surface area contributed by atoms with E-state index in [1.807, 2.05) is 34.9 Å². The summed E-state index contributed by atoms with van der Waals surface area (Å²) >= 11 is 0. The van der Waals surface area contributed by atoms with Gasteiger partial charge in [-0.15, -0.1) is 5.10 Å². The molecule has 0 aromatic carbocycles. The van der Waals surface area contributed by atoms with Crippen molar-refractivity contribution in [2.75, 3.05) is 24.7 Å². The van der Waals surface area contributed by atoms with Crippen molar-refractivity contribution in [2.45, 2.75) is 32.7 Å². The zero-order chi connectivity index (χ0) is 14.9. The largest absolute Gasteiger partial charge is 0.368 e. The number of hydrogen-bond donors (Lipinski definition) is 1. The number of hydrogen-bond acceptors (Lipinski definition) is 8. The Balaban J connectivity index is 2.34. The summed E-state index contributed by atoms with van der Waals surface area (Å²) in [5.74, 6) is 1.99. The summed E-state index contributed by atoms with van der Waals surface area (Å²) < 4.78 is 1.67. The highest BCUT2D eigenvalue weighted by atomic mass is 15.5. The van der Waals surface area contributed by atoms with Crippen molar-refractivity contribution in [1.29, 1.82) is 0 Å². The molecule has 0 atom stereocenters. The Morgan fingerprint density at radius 3 is 2.45 bits per heavy atom. The lowest BCUT2D eigenvalue weighted by atomic mass is 9.96. The van der Waals surface area contributed by atoms with Crippen LogP contribution in [0.1, 0.15) is 32.4 Å². The van der Waals surface area contributed by atoms with Gasteiger partial charge in [0, 0.05) is 19.5 Å². The maximum Gasteiger partial charge on any atom is 0.229 e. The topological polar surface area (TPSA) is 112 Å². The molecule has 0 radical (unpaired) electrons. The van der Waals surface area contributed by atoms with Gasteiger partial charge in [-0.25, -0.2) is 4.68 Å². The van der Waals surface area contributed by atoms with Gasteiger partial charge in [0.1, 0.15) is 6.54 Å². The Kier molecular flexibility index (Phi) is 3.51. The number of nitrogens with zero attached hydrogens (tertiary/aromatic N) is 8. The van der Waals surface area contributed by atoms with Gasteiger partial charge in [0.25, 0.3) is 0 Å². The van der Waals surface area contributed by atoms with E-state index in [-0.39, 0.29) is 11.4 Å².